The van der Waals surface area contributed by atoms with Crippen LogP contribution in [0, 0.1) is 6.92 Å². The number of hydrogen-bond donors (Lipinski definition) is 1. The third-order valence-corrected chi connectivity index (χ3v) is 9.81. The van der Waals surface area contributed by atoms with Gasteiger partial charge >= 0.3 is 0 Å². The molecule has 0 radical (unpaired) electrons. The van der Waals surface area contributed by atoms with Gasteiger partial charge in [-0.15, -0.1) is 20.4 Å². The highest BCUT2D eigenvalue weighted by Crippen LogP contribution is 2.47. The predicted molar refractivity (Wildman–Crippen MR) is 192 cm³/mol. The number of unbranched alkanes of at least 4 members (excludes halogenated alkanes) is 2. The lowest BCUT2D eigenvalue weighted by molar-refractivity contribution is -0.401. The van der Waals surface area contributed by atoms with E-state index in [1.165, 1.54) is 33.9 Å². The third kappa shape index (κ3) is 6.57. The third-order valence-electron chi connectivity index (χ3n) is 9.81. The molecular formula is C40H46N7O+. The Bertz CT molecular complexity index is 1890. The van der Waals surface area contributed by atoms with Crippen LogP contribution in [0.3, 0.4) is 0 Å². The molecule has 8 heteroatoms. The number of aryl methyl sites for hydroxylation is 1. The second-order valence-electron chi connectivity index (χ2n) is 13.8. The molecule has 0 atom stereocenters. The van der Waals surface area contributed by atoms with Crippen LogP contribution < -0.4 is 10.2 Å². The lowest BCUT2D eigenvalue weighted by Gasteiger charge is -2.27. The molecule has 1 amide bonds. The second kappa shape index (κ2) is 13.6. The molecule has 48 heavy (non-hydrogen) atoms. The van der Waals surface area contributed by atoms with E-state index in [1.54, 1.807) is 6.92 Å². The molecule has 0 spiro atoms. The van der Waals surface area contributed by atoms with Gasteiger partial charge in [0.15, 0.2) is 11.5 Å². The Balaban J connectivity index is 1.04. The zero-order valence-electron chi connectivity index (χ0n) is 29.0. The molecule has 246 valence electrons. The molecule has 3 heterocycles. The van der Waals surface area contributed by atoms with Crippen LogP contribution in [0.4, 0.5) is 11.4 Å². The van der Waals surface area contributed by atoms with E-state index >= 15 is 0 Å². The summed E-state index contributed by atoms with van der Waals surface area (Å²) >= 11 is 0. The fraction of sp³-hybridized carbons (Fsp3) is 0.350. The van der Waals surface area contributed by atoms with E-state index < -0.39 is 0 Å². The van der Waals surface area contributed by atoms with Crippen molar-refractivity contribution in [1.29, 1.82) is 0 Å². The number of nitrogens with zero attached hydrogens (tertiary/aromatic N) is 6. The van der Waals surface area contributed by atoms with Gasteiger partial charge in [0.05, 0.1) is 5.41 Å². The summed E-state index contributed by atoms with van der Waals surface area (Å²) in [6.07, 6.45) is 10.2. The fourth-order valence-corrected chi connectivity index (χ4v) is 7.10. The minimum absolute atomic E-state index is 0.0575. The average Bonchev–Trinajstić information content (AvgIpc) is 3.42. The standard InChI is InChI=1S/C40H45N7O/c1-28-42-44-38(45-43-28)30-24-22-29(23-25-30)27-41-37(48)21-8-7-13-26-47-34-18-12-10-16-32(34)40(4,5)36(47)20-14-19-35-39(2,3)31-15-9-11-17-33(31)46(35)6/h9-12,14-20,22-25H,7-8,13,21,26-27H2,1-6H3/p+1. The zero-order chi connectivity index (χ0) is 33.9. The summed E-state index contributed by atoms with van der Waals surface area (Å²) in [6, 6.07) is 25.3. The Morgan fingerprint density at radius 2 is 1.52 bits per heavy atom. The smallest absolute Gasteiger partial charge is 0.220 e. The van der Waals surface area contributed by atoms with Gasteiger partial charge in [-0.3, -0.25) is 4.79 Å². The molecule has 2 aliphatic rings. The van der Waals surface area contributed by atoms with E-state index in [0.29, 0.717) is 24.6 Å². The molecule has 3 aromatic carbocycles. The van der Waals surface area contributed by atoms with Crippen molar-refractivity contribution >= 4 is 23.0 Å². The molecule has 8 nitrogen and oxygen atoms in total. The monoisotopic (exact) mass is 640 g/mol. The molecule has 0 aliphatic carbocycles. The van der Waals surface area contributed by atoms with Gasteiger partial charge in [-0.2, -0.15) is 4.58 Å². The van der Waals surface area contributed by atoms with Crippen LogP contribution in [0.2, 0.25) is 0 Å². The van der Waals surface area contributed by atoms with Gasteiger partial charge in [0.2, 0.25) is 17.4 Å². The number of fused-ring (bicyclic) bond motifs is 2. The van der Waals surface area contributed by atoms with Crippen molar-refractivity contribution in [3.63, 3.8) is 0 Å². The lowest BCUT2D eigenvalue weighted by Crippen LogP contribution is -2.27. The molecule has 4 aromatic rings. The molecule has 0 saturated heterocycles. The van der Waals surface area contributed by atoms with Crippen LogP contribution in [-0.4, -0.2) is 50.2 Å². The maximum Gasteiger partial charge on any atom is 0.220 e. The van der Waals surface area contributed by atoms with E-state index in [4.69, 9.17) is 0 Å². The number of hydrogen-bond acceptors (Lipinski definition) is 6. The number of aromatic nitrogens is 4. The van der Waals surface area contributed by atoms with Gasteiger partial charge < -0.3 is 10.2 Å². The predicted octanol–water partition coefficient (Wildman–Crippen LogP) is 7.36. The first kappa shape index (κ1) is 32.9. The summed E-state index contributed by atoms with van der Waals surface area (Å²) in [6.45, 7) is 12.4. The maximum atomic E-state index is 12.6. The van der Waals surface area contributed by atoms with Crippen molar-refractivity contribution < 1.29 is 9.37 Å². The SMILES string of the molecule is Cc1nnc(-c2ccc(CNC(=O)CCCCCN3/C(=C\C=C\C4=[N+](C)c5ccccc5C4(C)C)C(C)(C)c4ccccc43)cc2)nn1. The van der Waals surface area contributed by atoms with Gasteiger partial charge in [-0.05, 0) is 56.9 Å². The number of carbonyl (C=O) groups excluding carboxylic acids is 1. The minimum atomic E-state index is -0.106. The Morgan fingerprint density at radius 1 is 0.833 bits per heavy atom. The number of nitrogens with one attached hydrogen (secondary N) is 1. The number of amides is 1. The topological polar surface area (TPSA) is 86.9 Å². The van der Waals surface area contributed by atoms with Crippen molar-refractivity contribution in [1.82, 2.24) is 25.7 Å². The van der Waals surface area contributed by atoms with Crippen LogP contribution in [-0.2, 0) is 22.2 Å². The van der Waals surface area contributed by atoms with Gasteiger partial charge in [-0.1, -0.05) is 87.0 Å². The molecule has 2 aliphatic heterocycles. The van der Waals surface area contributed by atoms with Crippen molar-refractivity contribution in [2.24, 2.45) is 0 Å². The van der Waals surface area contributed by atoms with Gasteiger partial charge in [0.25, 0.3) is 0 Å². The Labute approximate surface area is 284 Å². The summed E-state index contributed by atoms with van der Waals surface area (Å²) < 4.78 is 2.32. The number of allylic oxidation sites excluding steroid dienone is 4. The minimum Gasteiger partial charge on any atom is -0.352 e. The van der Waals surface area contributed by atoms with Crippen LogP contribution in [0.5, 0.6) is 0 Å². The van der Waals surface area contributed by atoms with E-state index in [1.807, 2.05) is 24.3 Å². The Hall–Kier alpha value is -4.98. The van der Waals surface area contributed by atoms with Gasteiger partial charge in [0, 0.05) is 59.6 Å². The van der Waals surface area contributed by atoms with E-state index in [9.17, 15) is 4.79 Å². The normalized spacial score (nSPS) is 16.9. The molecule has 6 rings (SSSR count). The van der Waals surface area contributed by atoms with Gasteiger partial charge in [-0.25, -0.2) is 0 Å². The lowest BCUT2D eigenvalue weighted by atomic mass is 9.81. The van der Waals surface area contributed by atoms with Crippen LogP contribution in [0.15, 0.2) is 96.7 Å². The number of carbonyl (C=O) groups is 1. The number of anilines is 1. The maximum absolute atomic E-state index is 12.6. The molecule has 0 bridgehead atoms. The highest BCUT2D eigenvalue weighted by molar-refractivity contribution is 6.03. The first-order chi connectivity index (χ1) is 23.1. The van der Waals surface area contributed by atoms with Crippen molar-refractivity contribution in [3.05, 3.63) is 119 Å². The molecule has 0 fully saturated rings. The van der Waals surface area contributed by atoms with Gasteiger partial charge in [0.1, 0.15) is 7.05 Å². The number of para-hydroxylation sites is 2. The van der Waals surface area contributed by atoms with Crippen LogP contribution in [0.25, 0.3) is 11.4 Å². The summed E-state index contributed by atoms with van der Waals surface area (Å²) in [5.41, 5.74) is 9.59. The molecule has 1 aromatic heterocycles. The Morgan fingerprint density at radius 3 is 2.25 bits per heavy atom. The summed E-state index contributed by atoms with van der Waals surface area (Å²) in [4.78, 5) is 15.1. The van der Waals surface area contributed by atoms with E-state index in [0.717, 1.165) is 36.9 Å². The van der Waals surface area contributed by atoms with Crippen LogP contribution in [0.1, 0.15) is 75.9 Å². The van der Waals surface area contributed by atoms with Crippen LogP contribution >= 0.6 is 0 Å². The summed E-state index contributed by atoms with van der Waals surface area (Å²) in [7, 11) is 2.16. The van der Waals surface area contributed by atoms with Crippen molar-refractivity contribution in [3.8, 4) is 11.4 Å². The molecule has 0 saturated carbocycles. The molecule has 0 unspecified atom stereocenters. The average molecular weight is 641 g/mol. The van der Waals surface area contributed by atoms with Crippen molar-refractivity contribution in [2.45, 2.75) is 77.7 Å². The molecular weight excluding hydrogens is 594 g/mol. The second-order valence-corrected chi connectivity index (χ2v) is 13.8. The first-order valence-electron chi connectivity index (χ1n) is 16.9. The molecule has 1 N–H and O–H groups in total. The Kier molecular flexibility index (Phi) is 9.35. The highest BCUT2D eigenvalue weighted by Gasteiger charge is 2.43. The largest absolute Gasteiger partial charge is 0.352 e. The highest BCUT2D eigenvalue weighted by atomic mass is 16.1. The summed E-state index contributed by atoms with van der Waals surface area (Å²) in [5, 5.41) is 19.2. The van der Waals surface area contributed by atoms with Crippen molar-refractivity contribution in [2.75, 3.05) is 18.5 Å². The first-order valence-corrected chi connectivity index (χ1v) is 16.9. The fourth-order valence-electron chi connectivity index (χ4n) is 7.10. The quantitative estimate of drug-likeness (QED) is 0.136. The van der Waals surface area contributed by atoms with E-state index in [-0.39, 0.29) is 16.7 Å². The number of benzene rings is 3. The zero-order valence-corrected chi connectivity index (χ0v) is 29.0. The summed E-state index contributed by atoms with van der Waals surface area (Å²) in [5.74, 6) is 1.10. The van der Waals surface area contributed by atoms with E-state index in [2.05, 4.69) is 137 Å². The number of rotatable bonds is 11.